The van der Waals surface area contributed by atoms with Crippen molar-refractivity contribution in [2.45, 2.75) is 38.5 Å². The zero-order valence-electron chi connectivity index (χ0n) is 15.1. The van der Waals surface area contributed by atoms with Crippen LogP contribution in [0.2, 0.25) is 0 Å². The summed E-state index contributed by atoms with van der Waals surface area (Å²) in [6, 6.07) is 11.6. The monoisotopic (exact) mass is 370 g/mol. The normalized spacial score (nSPS) is 12.3. The van der Waals surface area contributed by atoms with Gasteiger partial charge in [-0.15, -0.1) is 0 Å². The molecule has 1 atom stereocenters. The molecule has 7 heteroatoms. The third-order valence-electron chi connectivity index (χ3n) is 4.16. The van der Waals surface area contributed by atoms with Crippen molar-refractivity contribution in [2.75, 3.05) is 5.75 Å². The summed E-state index contributed by atoms with van der Waals surface area (Å²) in [6.07, 6.45) is 0. The molecule has 2 aromatic heterocycles. The molecule has 1 amide bonds. The van der Waals surface area contributed by atoms with E-state index in [2.05, 4.69) is 15.3 Å². The fourth-order valence-corrected chi connectivity index (χ4v) is 3.71. The second-order valence-corrected chi connectivity index (χ2v) is 7.09. The van der Waals surface area contributed by atoms with Gasteiger partial charge in [-0.2, -0.15) is 0 Å². The highest BCUT2D eigenvalue weighted by Gasteiger charge is 2.15. The van der Waals surface area contributed by atoms with Gasteiger partial charge in [0, 0.05) is 12.2 Å². The first-order chi connectivity index (χ1) is 12.5. The van der Waals surface area contributed by atoms with Gasteiger partial charge in [-0.25, -0.2) is 4.98 Å². The van der Waals surface area contributed by atoms with Crippen molar-refractivity contribution in [3.8, 4) is 0 Å². The van der Waals surface area contributed by atoms with Crippen molar-refractivity contribution in [1.82, 2.24) is 19.9 Å². The summed E-state index contributed by atoms with van der Waals surface area (Å²) < 4.78 is 1.59. The molecule has 3 rings (SSSR count). The Kier molecular flexibility index (Phi) is 5.46. The van der Waals surface area contributed by atoms with Crippen molar-refractivity contribution in [1.29, 1.82) is 0 Å². The Bertz CT molecular complexity index is 978. The predicted octanol–water partition coefficient (Wildman–Crippen LogP) is 3.02. The first kappa shape index (κ1) is 18.3. The van der Waals surface area contributed by atoms with Gasteiger partial charge in [0.05, 0.1) is 17.3 Å². The van der Waals surface area contributed by atoms with Gasteiger partial charge in [0.2, 0.25) is 5.91 Å². The number of aromatic nitrogens is 3. The molecule has 2 heterocycles. The van der Waals surface area contributed by atoms with Crippen LogP contribution in [0.3, 0.4) is 0 Å². The molecule has 0 saturated heterocycles. The van der Waals surface area contributed by atoms with E-state index in [9.17, 15) is 9.59 Å². The Morgan fingerprint density at radius 2 is 2.08 bits per heavy atom. The maximum absolute atomic E-state index is 12.6. The number of hydrogen-bond acceptors (Lipinski definition) is 4. The average Bonchev–Trinajstić information content (AvgIpc) is 3.01. The van der Waals surface area contributed by atoms with Gasteiger partial charge in [0.15, 0.2) is 5.16 Å². The molecule has 0 aliphatic rings. The second kappa shape index (κ2) is 7.78. The van der Waals surface area contributed by atoms with Crippen LogP contribution in [0.5, 0.6) is 0 Å². The van der Waals surface area contributed by atoms with Gasteiger partial charge in [-0.3, -0.25) is 14.2 Å². The van der Waals surface area contributed by atoms with Crippen molar-refractivity contribution >= 4 is 28.7 Å². The Morgan fingerprint density at radius 1 is 1.35 bits per heavy atom. The summed E-state index contributed by atoms with van der Waals surface area (Å²) in [4.78, 5) is 32.5. The molecule has 0 aliphatic heterocycles. The fourth-order valence-electron chi connectivity index (χ4n) is 2.84. The minimum atomic E-state index is -0.105. The van der Waals surface area contributed by atoms with E-state index in [0.717, 1.165) is 11.3 Å². The van der Waals surface area contributed by atoms with E-state index in [4.69, 9.17) is 0 Å². The average molecular weight is 370 g/mol. The molecule has 26 heavy (non-hydrogen) atoms. The Hall–Kier alpha value is -2.54. The lowest BCUT2D eigenvalue weighted by molar-refractivity contribution is -0.119. The van der Waals surface area contributed by atoms with Crippen LogP contribution in [0, 0.1) is 6.92 Å². The standard InChI is InChI=1S/C19H22N4O2S/c1-4-23-18(25)17-15(10-12(2)20-17)22-19(23)26-11-16(24)21-13(3)14-8-6-5-7-9-14/h5-10,13,20H,4,11H2,1-3H3,(H,21,24)/t13-/m1/s1. The minimum Gasteiger partial charge on any atom is -0.353 e. The summed E-state index contributed by atoms with van der Waals surface area (Å²) in [5.74, 6) is 0.118. The van der Waals surface area contributed by atoms with Gasteiger partial charge in [0.25, 0.3) is 5.56 Å². The molecule has 0 radical (unpaired) electrons. The number of thioether (sulfide) groups is 1. The van der Waals surface area contributed by atoms with Gasteiger partial charge in [0.1, 0.15) is 5.52 Å². The number of benzene rings is 1. The molecule has 2 N–H and O–H groups in total. The van der Waals surface area contributed by atoms with Gasteiger partial charge in [-0.05, 0) is 32.4 Å². The number of rotatable bonds is 6. The van der Waals surface area contributed by atoms with Crippen LogP contribution in [0.25, 0.3) is 11.0 Å². The molecule has 0 fully saturated rings. The number of carbonyl (C=O) groups is 1. The molecular formula is C19H22N4O2S. The van der Waals surface area contributed by atoms with E-state index in [-0.39, 0.29) is 23.3 Å². The van der Waals surface area contributed by atoms with Crippen molar-refractivity contribution < 1.29 is 4.79 Å². The molecule has 3 aromatic rings. The van der Waals surface area contributed by atoms with Crippen molar-refractivity contribution in [2.24, 2.45) is 0 Å². The molecule has 136 valence electrons. The van der Waals surface area contributed by atoms with Crippen LogP contribution < -0.4 is 10.9 Å². The maximum atomic E-state index is 12.6. The Morgan fingerprint density at radius 3 is 2.77 bits per heavy atom. The third kappa shape index (κ3) is 3.83. The Balaban J connectivity index is 1.73. The van der Waals surface area contributed by atoms with Crippen molar-refractivity contribution in [3.05, 3.63) is 58.0 Å². The molecule has 0 aliphatic carbocycles. The number of nitrogens with zero attached hydrogens (tertiary/aromatic N) is 2. The summed E-state index contributed by atoms with van der Waals surface area (Å²) in [5.41, 5.74) is 2.99. The molecular weight excluding hydrogens is 348 g/mol. The van der Waals surface area contributed by atoms with E-state index in [0.29, 0.717) is 22.7 Å². The van der Waals surface area contributed by atoms with Crippen LogP contribution in [0.15, 0.2) is 46.3 Å². The number of nitrogens with one attached hydrogen (secondary N) is 2. The summed E-state index contributed by atoms with van der Waals surface area (Å²) in [6.45, 7) is 6.24. The number of H-pyrrole nitrogens is 1. The van der Waals surface area contributed by atoms with E-state index < -0.39 is 0 Å². The lowest BCUT2D eigenvalue weighted by Crippen LogP contribution is -2.29. The first-order valence-electron chi connectivity index (χ1n) is 8.57. The van der Waals surface area contributed by atoms with Crippen molar-refractivity contribution in [3.63, 3.8) is 0 Å². The molecule has 0 saturated carbocycles. The SMILES string of the molecule is CCn1c(SCC(=O)N[C@H](C)c2ccccc2)nc2cc(C)[nH]c2c1=O. The lowest BCUT2D eigenvalue weighted by atomic mass is 10.1. The molecule has 0 spiro atoms. The summed E-state index contributed by atoms with van der Waals surface area (Å²) >= 11 is 1.28. The van der Waals surface area contributed by atoms with Crippen LogP contribution in [-0.4, -0.2) is 26.2 Å². The van der Waals surface area contributed by atoms with Gasteiger partial charge >= 0.3 is 0 Å². The van der Waals surface area contributed by atoms with E-state index >= 15 is 0 Å². The van der Waals surface area contributed by atoms with Crippen LogP contribution in [-0.2, 0) is 11.3 Å². The minimum absolute atomic E-state index is 0.0690. The highest BCUT2D eigenvalue weighted by Crippen LogP contribution is 2.19. The van der Waals surface area contributed by atoms with Crippen LogP contribution in [0.1, 0.15) is 31.1 Å². The van der Waals surface area contributed by atoms with Gasteiger partial charge in [-0.1, -0.05) is 42.1 Å². The maximum Gasteiger partial charge on any atom is 0.278 e. The number of carbonyl (C=O) groups excluding carboxylic acids is 1. The Labute approximate surface area is 156 Å². The second-order valence-electron chi connectivity index (χ2n) is 6.14. The highest BCUT2D eigenvalue weighted by molar-refractivity contribution is 7.99. The summed E-state index contributed by atoms with van der Waals surface area (Å²) in [5, 5.41) is 3.54. The molecule has 0 bridgehead atoms. The van der Waals surface area contributed by atoms with Crippen LogP contribution in [0.4, 0.5) is 0 Å². The number of fused-ring (bicyclic) bond motifs is 1. The smallest absolute Gasteiger partial charge is 0.278 e. The van der Waals surface area contributed by atoms with E-state index in [1.165, 1.54) is 11.8 Å². The highest BCUT2D eigenvalue weighted by atomic mass is 32.2. The predicted molar refractivity (Wildman–Crippen MR) is 104 cm³/mol. The number of hydrogen-bond donors (Lipinski definition) is 2. The molecule has 1 aromatic carbocycles. The zero-order valence-corrected chi connectivity index (χ0v) is 15.9. The third-order valence-corrected chi connectivity index (χ3v) is 5.14. The number of amides is 1. The number of aromatic amines is 1. The molecule has 0 unspecified atom stereocenters. The topological polar surface area (TPSA) is 79.8 Å². The molecule has 6 nitrogen and oxygen atoms in total. The van der Waals surface area contributed by atoms with E-state index in [1.54, 1.807) is 4.57 Å². The number of aryl methyl sites for hydroxylation is 1. The first-order valence-corrected chi connectivity index (χ1v) is 9.55. The summed E-state index contributed by atoms with van der Waals surface area (Å²) in [7, 11) is 0. The van der Waals surface area contributed by atoms with Gasteiger partial charge < -0.3 is 10.3 Å². The van der Waals surface area contributed by atoms with E-state index in [1.807, 2.05) is 57.2 Å². The van der Waals surface area contributed by atoms with Crippen LogP contribution >= 0.6 is 11.8 Å². The lowest BCUT2D eigenvalue weighted by Gasteiger charge is -2.14. The fraction of sp³-hybridized carbons (Fsp3) is 0.316. The largest absolute Gasteiger partial charge is 0.353 e. The zero-order chi connectivity index (χ0) is 18.7. The quantitative estimate of drug-likeness (QED) is 0.516.